The predicted molar refractivity (Wildman–Crippen MR) is 96.2 cm³/mol. The molecule has 0 bridgehead atoms. The SMILES string of the molecule is Cc1ccc([N+](=O)[O-])cc1NC(=S)N/N=C\c1ccc(C(F)(F)F)cc1. The molecule has 0 saturated carbocycles. The van der Waals surface area contributed by atoms with Gasteiger partial charge in [0.25, 0.3) is 5.69 Å². The molecular formula is C16H13F3N4O2S. The molecule has 10 heteroatoms. The van der Waals surface area contributed by atoms with Crippen LogP contribution in [-0.2, 0) is 6.18 Å². The summed E-state index contributed by atoms with van der Waals surface area (Å²) >= 11 is 5.04. The minimum atomic E-state index is -4.39. The van der Waals surface area contributed by atoms with Crippen molar-refractivity contribution in [3.8, 4) is 0 Å². The van der Waals surface area contributed by atoms with Gasteiger partial charge in [-0.2, -0.15) is 18.3 Å². The van der Waals surface area contributed by atoms with Gasteiger partial charge in [0.15, 0.2) is 5.11 Å². The Morgan fingerprint density at radius 2 is 1.88 bits per heavy atom. The number of benzene rings is 2. The van der Waals surface area contributed by atoms with Crippen molar-refractivity contribution in [2.24, 2.45) is 5.10 Å². The van der Waals surface area contributed by atoms with Gasteiger partial charge in [-0.25, -0.2) is 0 Å². The number of thiocarbonyl (C=S) groups is 1. The molecule has 6 nitrogen and oxygen atoms in total. The van der Waals surface area contributed by atoms with Crippen LogP contribution in [0.2, 0.25) is 0 Å². The van der Waals surface area contributed by atoms with Crippen molar-refractivity contribution in [1.29, 1.82) is 0 Å². The minimum absolute atomic E-state index is 0.0803. The lowest BCUT2D eigenvalue weighted by molar-refractivity contribution is -0.384. The second-order valence-electron chi connectivity index (χ2n) is 5.20. The number of aryl methyl sites for hydroxylation is 1. The van der Waals surface area contributed by atoms with Crippen molar-refractivity contribution in [2.45, 2.75) is 13.1 Å². The number of nitrogens with zero attached hydrogens (tertiary/aromatic N) is 2. The van der Waals surface area contributed by atoms with E-state index in [-0.39, 0.29) is 10.8 Å². The fourth-order valence-electron chi connectivity index (χ4n) is 1.93. The van der Waals surface area contributed by atoms with Crippen molar-refractivity contribution in [2.75, 3.05) is 5.32 Å². The molecule has 0 atom stereocenters. The third kappa shape index (κ3) is 5.24. The lowest BCUT2D eigenvalue weighted by Gasteiger charge is -2.09. The number of hydrogen-bond acceptors (Lipinski definition) is 4. The third-order valence-electron chi connectivity index (χ3n) is 3.30. The molecule has 0 spiro atoms. The zero-order valence-electron chi connectivity index (χ0n) is 13.4. The van der Waals surface area contributed by atoms with Crippen LogP contribution in [0.1, 0.15) is 16.7 Å². The number of hydrazone groups is 1. The fraction of sp³-hybridized carbons (Fsp3) is 0.125. The number of rotatable bonds is 4. The summed E-state index contributed by atoms with van der Waals surface area (Å²) in [7, 11) is 0. The quantitative estimate of drug-likeness (QED) is 0.358. The van der Waals surface area contributed by atoms with E-state index in [0.29, 0.717) is 11.3 Å². The highest BCUT2D eigenvalue weighted by atomic mass is 32.1. The molecule has 0 fully saturated rings. The average molecular weight is 382 g/mol. The van der Waals surface area contributed by atoms with E-state index in [4.69, 9.17) is 12.2 Å². The largest absolute Gasteiger partial charge is 0.416 e. The summed E-state index contributed by atoms with van der Waals surface area (Å²) in [5.74, 6) is 0. The molecule has 0 unspecified atom stereocenters. The van der Waals surface area contributed by atoms with Gasteiger partial charge < -0.3 is 5.32 Å². The molecule has 0 amide bonds. The summed E-state index contributed by atoms with van der Waals surface area (Å²) in [6.07, 6.45) is -3.09. The lowest BCUT2D eigenvalue weighted by atomic mass is 10.1. The number of nitro groups is 1. The third-order valence-corrected chi connectivity index (χ3v) is 3.49. The Morgan fingerprint density at radius 3 is 2.46 bits per heavy atom. The maximum atomic E-state index is 12.5. The number of hydrogen-bond donors (Lipinski definition) is 2. The fourth-order valence-corrected chi connectivity index (χ4v) is 2.09. The number of nitro benzene ring substituents is 1. The molecule has 2 aromatic rings. The maximum Gasteiger partial charge on any atom is 0.416 e. The Kier molecular flexibility index (Phi) is 5.88. The molecule has 26 heavy (non-hydrogen) atoms. The van der Waals surface area contributed by atoms with Crippen molar-refractivity contribution >= 4 is 34.9 Å². The zero-order chi connectivity index (χ0) is 19.3. The average Bonchev–Trinajstić information content (AvgIpc) is 2.56. The summed E-state index contributed by atoms with van der Waals surface area (Å²) in [6.45, 7) is 1.75. The summed E-state index contributed by atoms with van der Waals surface area (Å²) in [5, 5.41) is 17.5. The van der Waals surface area contributed by atoms with E-state index < -0.39 is 16.7 Å². The lowest BCUT2D eigenvalue weighted by Crippen LogP contribution is -2.24. The van der Waals surface area contributed by atoms with Crippen LogP contribution in [0.5, 0.6) is 0 Å². The van der Waals surface area contributed by atoms with Crippen molar-refractivity contribution in [3.05, 3.63) is 69.3 Å². The van der Waals surface area contributed by atoms with Crippen LogP contribution in [0.15, 0.2) is 47.6 Å². The van der Waals surface area contributed by atoms with Crippen LogP contribution in [0.4, 0.5) is 24.5 Å². The van der Waals surface area contributed by atoms with E-state index in [1.54, 1.807) is 13.0 Å². The topological polar surface area (TPSA) is 79.6 Å². The molecule has 0 saturated heterocycles. The Labute approximate surface area is 151 Å². The molecule has 2 rings (SSSR count). The van der Waals surface area contributed by atoms with Gasteiger partial charge >= 0.3 is 6.18 Å². The molecule has 0 aliphatic heterocycles. The first-order chi connectivity index (χ1) is 12.2. The first-order valence-electron chi connectivity index (χ1n) is 7.19. The number of anilines is 1. The van der Waals surface area contributed by atoms with Gasteiger partial charge in [0.05, 0.1) is 22.4 Å². The van der Waals surface area contributed by atoms with Crippen molar-refractivity contribution < 1.29 is 18.1 Å². The monoisotopic (exact) mass is 382 g/mol. The molecule has 0 aromatic heterocycles. The first-order valence-corrected chi connectivity index (χ1v) is 7.60. The van der Waals surface area contributed by atoms with E-state index in [1.807, 2.05) is 0 Å². The van der Waals surface area contributed by atoms with Crippen LogP contribution in [0, 0.1) is 17.0 Å². The van der Waals surface area contributed by atoms with Crippen molar-refractivity contribution in [3.63, 3.8) is 0 Å². The molecule has 2 N–H and O–H groups in total. The smallest absolute Gasteiger partial charge is 0.331 e. The van der Waals surface area contributed by atoms with Crippen molar-refractivity contribution in [1.82, 2.24) is 5.43 Å². The van der Waals surface area contributed by atoms with Crippen LogP contribution < -0.4 is 10.7 Å². The van der Waals surface area contributed by atoms with Gasteiger partial charge in [-0.3, -0.25) is 15.5 Å². The van der Waals surface area contributed by atoms with Crippen LogP contribution >= 0.6 is 12.2 Å². The Bertz CT molecular complexity index is 852. The molecule has 0 aliphatic rings. The van der Waals surface area contributed by atoms with E-state index in [9.17, 15) is 23.3 Å². The molecule has 2 aromatic carbocycles. The normalized spacial score (nSPS) is 11.4. The summed E-state index contributed by atoms with van der Waals surface area (Å²) in [5.41, 5.74) is 3.29. The second kappa shape index (κ2) is 7.91. The number of nitrogens with one attached hydrogen (secondary N) is 2. The molecule has 136 valence electrons. The van der Waals surface area contributed by atoms with Gasteiger partial charge in [0.2, 0.25) is 0 Å². The van der Waals surface area contributed by atoms with Crippen LogP contribution in [-0.4, -0.2) is 16.3 Å². The summed E-state index contributed by atoms with van der Waals surface area (Å²) in [6, 6.07) is 8.73. The molecule has 0 heterocycles. The Morgan fingerprint density at radius 1 is 1.23 bits per heavy atom. The number of halogens is 3. The molecule has 0 aliphatic carbocycles. The van der Waals surface area contributed by atoms with E-state index in [2.05, 4.69) is 15.8 Å². The minimum Gasteiger partial charge on any atom is -0.331 e. The highest BCUT2D eigenvalue weighted by molar-refractivity contribution is 7.80. The number of non-ortho nitro benzene ring substituents is 1. The Hall–Kier alpha value is -3.01. The molecule has 0 radical (unpaired) electrons. The van der Waals surface area contributed by atoms with Crippen LogP contribution in [0.25, 0.3) is 0 Å². The zero-order valence-corrected chi connectivity index (χ0v) is 14.2. The summed E-state index contributed by atoms with van der Waals surface area (Å²) < 4.78 is 37.4. The van der Waals surface area contributed by atoms with Gasteiger partial charge in [0, 0.05) is 12.1 Å². The number of alkyl halides is 3. The Balaban J connectivity index is 1.97. The van der Waals surface area contributed by atoms with Crippen LogP contribution in [0.3, 0.4) is 0 Å². The van der Waals surface area contributed by atoms with Gasteiger partial charge in [-0.15, -0.1) is 0 Å². The van der Waals surface area contributed by atoms with Gasteiger partial charge in [-0.05, 0) is 42.4 Å². The van der Waals surface area contributed by atoms with Gasteiger partial charge in [-0.1, -0.05) is 18.2 Å². The van der Waals surface area contributed by atoms with E-state index in [1.165, 1.54) is 30.5 Å². The highest BCUT2D eigenvalue weighted by Gasteiger charge is 2.29. The maximum absolute atomic E-state index is 12.5. The standard InChI is InChI=1S/C16H13F3N4O2S/c1-10-2-7-13(23(24)25)8-14(10)21-15(26)22-20-9-11-3-5-12(6-4-11)16(17,18)19/h2-9H,1H3,(H2,21,22,26)/b20-9-. The predicted octanol–water partition coefficient (Wildman–Crippen LogP) is 4.24. The highest BCUT2D eigenvalue weighted by Crippen LogP contribution is 2.28. The summed E-state index contributed by atoms with van der Waals surface area (Å²) in [4.78, 5) is 10.3. The van der Waals surface area contributed by atoms with E-state index >= 15 is 0 Å². The molecular weight excluding hydrogens is 369 g/mol. The first kappa shape index (κ1) is 19.3. The van der Waals surface area contributed by atoms with E-state index in [0.717, 1.165) is 17.7 Å². The second-order valence-corrected chi connectivity index (χ2v) is 5.61. The van der Waals surface area contributed by atoms with Gasteiger partial charge in [0.1, 0.15) is 0 Å².